The predicted molar refractivity (Wildman–Crippen MR) is 86.6 cm³/mol. The average Bonchev–Trinajstić information content (AvgIpc) is 2.87. The molecule has 3 rings (SSSR count). The van der Waals surface area contributed by atoms with Crippen LogP contribution >= 0.6 is 11.8 Å². The molecule has 2 aromatic heterocycles. The third-order valence-electron chi connectivity index (χ3n) is 3.35. The van der Waals surface area contributed by atoms with Gasteiger partial charge < -0.3 is 5.73 Å². The van der Waals surface area contributed by atoms with Gasteiger partial charge in [-0.05, 0) is 31.5 Å². The topological polar surface area (TPSA) is 56.2 Å². The molecule has 0 spiro atoms. The van der Waals surface area contributed by atoms with Crippen molar-refractivity contribution < 1.29 is 0 Å². The predicted octanol–water partition coefficient (Wildman–Crippen LogP) is 3.14. The monoisotopic (exact) mass is 298 g/mol. The van der Waals surface area contributed by atoms with Gasteiger partial charge in [-0.2, -0.15) is 0 Å². The summed E-state index contributed by atoms with van der Waals surface area (Å²) in [6.07, 6.45) is 1.97. The summed E-state index contributed by atoms with van der Waals surface area (Å²) < 4.78 is 1.98. The lowest BCUT2D eigenvalue weighted by Crippen LogP contribution is -2.13. The van der Waals surface area contributed by atoms with Crippen molar-refractivity contribution in [1.82, 2.24) is 14.6 Å². The van der Waals surface area contributed by atoms with Crippen molar-refractivity contribution in [1.29, 1.82) is 0 Å². The van der Waals surface area contributed by atoms with Crippen LogP contribution in [0.2, 0.25) is 0 Å². The molecule has 0 aliphatic heterocycles. The Balaban J connectivity index is 1.75. The molecule has 4 nitrogen and oxygen atoms in total. The maximum absolute atomic E-state index is 6.32. The lowest BCUT2D eigenvalue weighted by atomic mass is 10.0. The third-order valence-corrected chi connectivity index (χ3v) is 4.41. The molecule has 0 saturated heterocycles. The summed E-state index contributed by atoms with van der Waals surface area (Å²) in [6, 6.07) is 12.3. The van der Waals surface area contributed by atoms with E-state index in [2.05, 4.69) is 42.2 Å². The second kappa shape index (κ2) is 5.87. The Morgan fingerprint density at radius 1 is 1.14 bits per heavy atom. The van der Waals surface area contributed by atoms with E-state index in [1.165, 1.54) is 16.7 Å². The largest absolute Gasteiger partial charge is 0.323 e. The third kappa shape index (κ3) is 3.09. The molecule has 3 aromatic rings. The number of aryl methyl sites for hydroxylation is 2. The van der Waals surface area contributed by atoms with Gasteiger partial charge in [0, 0.05) is 18.0 Å². The summed E-state index contributed by atoms with van der Waals surface area (Å²) in [5.74, 6) is 0.776. The van der Waals surface area contributed by atoms with Gasteiger partial charge in [-0.25, -0.2) is 0 Å². The van der Waals surface area contributed by atoms with E-state index in [1.54, 1.807) is 11.8 Å². The Morgan fingerprint density at radius 3 is 2.67 bits per heavy atom. The van der Waals surface area contributed by atoms with Crippen molar-refractivity contribution in [2.75, 3.05) is 5.75 Å². The fourth-order valence-electron chi connectivity index (χ4n) is 2.40. The van der Waals surface area contributed by atoms with Crippen molar-refractivity contribution in [2.24, 2.45) is 5.73 Å². The number of rotatable bonds is 4. The minimum atomic E-state index is -0.00957. The van der Waals surface area contributed by atoms with Crippen LogP contribution in [0.1, 0.15) is 22.7 Å². The van der Waals surface area contributed by atoms with Gasteiger partial charge in [0.05, 0.1) is 0 Å². The smallest absolute Gasteiger partial charge is 0.195 e. The highest BCUT2D eigenvalue weighted by molar-refractivity contribution is 7.99. The van der Waals surface area contributed by atoms with Crippen LogP contribution in [0.3, 0.4) is 0 Å². The highest BCUT2D eigenvalue weighted by Gasteiger charge is 2.11. The number of benzene rings is 1. The molecule has 2 N–H and O–H groups in total. The van der Waals surface area contributed by atoms with Crippen LogP contribution in [0, 0.1) is 13.8 Å². The van der Waals surface area contributed by atoms with Crippen LogP contribution in [0.15, 0.2) is 47.8 Å². The van der Waals surface area contributed by atoms with Crippen LogP contribution < -0.4 is 5.73 Å². The Labute approximate surface area is 128 Å². The van der Waals surface area contributed by atoms with Crippen LogP contribution in [-0.4, -0.2) is 20.4 Å². The van der Waals surface area contributed by atoms with Crippen LogP contribution in [0.4, 0.5) is 0 Å². The van der Waals surface area contributed by atoms with Gasteiger partial charge in [-0.15, -0.1) is 10.2 Å². The minimum absolute atomic E-state index is 0.00957. The number of nitrogens with zero attached hydrogens (tertiary/aromatic N) is 3. The van der Waals surface area contributed by atoms with E-state index in [-0.39, 0.29) is 6.04 Å². The number of hydrogen-bond acceptors (Lipinski definition) is 4. The van der Waals surface area contributed by atoms with Gasteiger partial charge in [0.15, 0.2) is 10.8 Å². The molecule has 1 aromatic carbocycles. The Hall–Kier alpha value is -1.85. The van der Waals surface area contributed by atoms with Crippen LogP contribution in [0.25, 0.3) is 5.65 Å². The van der Waals surface area contributed by atoms with Crippen molar-refractivity contribution in [3.05, 3.63) is 59.3 Å². The average molecular weight is 298 g/mol. The van der Waals surface area contributed by atoms with E-state index in [0.717, 1.165) is 16.6 Å². The van der Waals surface area contributed by atoms with Gasteiger partial charge in [0.2, 0.25) is 0 Å². The van der Waals surface area contributed by atoms with Crippen molar-refractivity contribution in [3.8, 4) is 0 Å². The highest BCUT2D eigenvalue weighted by atomic mass is 32.2. The Morgan fingerprint density at radius 2 is 1.90 bits per heavy atom. The first-order chi connectivity index (χ1) is 10.1. The molecule has 0 aliphatic carbocycles. The quantitative estimate of drug-likeness (QED) is 0.752. The molecule has 0 fully saturated rings. The van der Waals surface area contributed by atoms with Crippen LogP contribution in [-0.2, 0) is 0 Å². The zero-order chi connectivity index (χ0) is 14.8. The van der Waals surface area contributed by atoms with E-state index in [9.17, 15) is 0 Å². The molecule has 0 saturated carbocycles. The second-order valence-corrected chi connectivity index (χ2v) is 6.24. The fourth-order valence-corrected chi connectivity index (χ4v) is 3.32. The number of nitrogens with two attached hydrogens (primary N) is 1. The first kappa shape index (κ1) is 14.1. The molecule has 0 aliphatic rings. The standard InChI is InChI=1S/C16H18N4S/c1-11-7-12(2)9-13(8-11)14(17)10-21-16-19-18-15-5-3-4-6-20(15)16/h3-9,14H,10,17H2,1-2H3. The number of thioether (sulfide) groups is 1. The van der Waals surface area contributed by atoms with Gasteiger partial charge >= 0.3 is 0 Å². The molecular weight excluding hydrogens is 280 g/mol. The minimum Gasteiger partial charge on any atom is -0.323 e. The highest BCUT2D eigenvalue weighted by Crippen LogP contribution is 2.23. The summed E-state index contributed by atoms with van der Waals surface area (Å²) in [4.78, 5) is 0. The van der Waals surface area contributed by atoms with Crippen molar-refractivity contribution >= 4 is 17.4 Å². The second-order valence-electron chi connectivity index (χ2n) is 5.25. The SMILES string of the molecule is Cc1cc(C)cc(C(N)CSc2nnc3ccccn23)c1. The zero-order valence-corrected chi connectivity index (χ0v) is 13.0. The summed E-state index contributed by atoms with van der Waals surface area (Å²) in [6.45, 7) is 4.20. The van der Waals surface area contributed by atoms with Crippen LogP contribution in [0.5, 0.6) is 0 Å². The molecule has 0 bridgehead atoms. The van der Waals surface area contributed by atoms with Gasteiger partial charge in [-0.3, -0.25) is 4.40 Å². The molecule has 1 unspecified atom stereocenters. The lowest BCUT2D eigenvalue weighted by molar-refractivity contribution is 0.821. The number of aromatic nitrogens is 3. The maximum Gasteiger partial charge on any atom is 0.195 e. The number of hydrogen-bond donors (Lipinski definition) is 1. The first-order valence-corrected chi connectivity index (χ1v) is 7.88. The lowest BCUT2D eigenvalue weighted by Gasteiger charge is -2.13. The normalized spacial score (nSPS) is 12.7. The molecule has 0 radical (unpaired) electrons. The van der Waals surface area contributed by atoms with Gasteiger partial charge in [-0.1, -0.05) is 47.2 Å². The number of pyridine rings is 1. The summed E-state index contributed by atoms with van der Waals surface area (Å²) in [7, 11) is 0. The molecule has 5 heteroatoms. The van der Waals surface area contributed by atoms with Crippen molar-refractivity contribution in [2.45, 2.75) is 25.0 Å². The maximum atomic E-state index is 6.32. The fraction of sp³-hybridized carbons (Fsp3) is 0.250. The molecule has 108 valence electrons. The van der Waals surface area contributed by atoms with E-state index < -0.39 is 0 Å². The number of fused-ring (bicyclic) bond motifs is 1. The summed E-state index contributed by atoms with van der Waals surface area (Å²) >= 11 is 1.64. The summed E-state index contributed by atoms with van der Waals surface area (Å²) in [5.41, 5.74) is 10.8. The molecular formula is C16H18N4S. The van der Waals surface area contributed by atoms with Crippen molar-refractivity contribution in [3.63, 3.8) is 0 Å². The van der Waals surface area contributed by atoms with E-state index in [1.807, 2.05) is 28.8 Å². The van der Waals surface area contributed by atoms with Gasteiger partial charge in [0.1, 0.15) is 0 Å². The van der Waals surface area contributed by atoms with E-state index >= 15 is 0 Å². The molecule has 1 atom stereocenters. The molecule has 21 heavy (non-hydrogen) atoms. The van der Waals surface area contributed by atoms with E-state index in [0.29, 0.717) is 0 Å². The summed E-state index contributed by atoms with van der Waals surface area (Å²) in [5, 5.41) is 9.25. The zero-order valence-electron chi connectivity index (χ0n) is 12.2. The Bertz CT molecular complexity index is 746. The van der Waals surface area contributed by atoms with E-state index in [4.69, 9.17) is 5.73 Å². The Kier molecular flexibility index (Phi) is 3.94. The molecule has 2 heterocycles. The first-order valence-electron chi connectivity index (χ1n) is 6.90. The van der Waals surface area contributed by atoms with Gasteiger partial charge in [0.25, 0.3) is 0 Å². The molecule has 0 amide bonds.